The van der Waals surface area contributed by atoms with E-state index >= 15 is 0 Å². The van der Waals surface area contributed by atoms with E-state index in [1.807, 2.05) is 0 Å². The lowest BCUT2D eigenvalue weighted by molar-refractivity contribution is 1.35. The third-order valence-corrected chi connectivity index (χ3v) is 2.85. The maximum absolute atomic E-state index is 5.90. The van der Waals surface area contributed by atoms with Gasteiger partial charge in [0, 0.05) is 22.8 Å². The zero-order valence-electron chi connectivity index (χ0n) is 6.92. The fraction of sp³-hybridized carbons (Fsp3) is 0.250. The molecule has 0 unspecified atom stereocenters. The normalized spacial score (nSPS) is 10.4. The van der Waals surface area contributed by atoms with Crippen molar-refractivity contribution < 1.29 is 0 Å². The molecule has 0 aromatic heterocycles. The van der Waals surface area contributed by atoms with E-state index < -0.39 is 0 Å². The predicted octanol–water partition coefficient (Wildman–Crippen LogP) is 2.36. The van der Waals surface area contributed by atoms with Crippen molar-refractivity contribution in [1.82, 2.24) is 0 Å². The molecule has 5 heteroatoms. The van der Waals surface area contributed by atoms with Gasteiger partial charge in [0.2, 0.25) is 0 Å². The minimum absolute atomic E-state index is 0.485. The first-order valence-electron chi connectivity index (χ1n) is 3.68. The zero-order chi connectivity index (χ0) is 10.0. The van der Waals surface area contributed by atoms with Crippen LogP contribution in [0.15, 0.2) is 6.07 Å². The Morgan fingerprint density at radius 3 is 2.23 bits per heavy atom. The number of nitrogen functional groups attached to an aromatic ring is 2. The monoisotopic (exact) mass is 234 g/mol. The van der Waals surface area contributed by atoms with Crippen LogP contribution < -0.4 is 11.5 Å². The summed E-state index contributed by atoms with van der Waals surface area (Å²) >= 11 is 14.2. The Hall–Kier alpha value is -0.190. The molecule has 1 aromatic carbocycles. The van der Waals surface area contributed by atoms with Gasteiger partial charge in [0.1, 0.15) is 0 Å². The Kier molecular flexibility index (Phi) is 3.64. The third kappa shape index (κ3) is 2.00. The van der Waals surface area contributed by atoms with Crippen LogP contribution in [-0.4, -0.2) is 0 Å². The zero-order valence-corrected chi connectivity index (χ0v) is 9.46. The largest absolute Gasteiger partial charge is 0.398 e. The van der Waals surface area contributed by atoms with Crippen LogP contribution >= 0.6 is 36.9 Å². The summed E-state index contributed by atoms with van der Waals surface area (Å²) in [6.07, 6.45) is 0. The van der Waals surface area contributed by atoms with Crippen molar-refractivity contribution in [3.05, 3.63) is 22.2 Å². The Morgan fingerprint density at radius 2 is 1.77 bits per heavy atom. The molecule has 0 saturated heterocycles. The number of halogens is 1. The number of hydrogen-bond donors (Lipinski definition) is 4. The summed E-state index contributed by atoms with van der Waals surface area (Å²) in [5.41, 5.74) is 14.4. The quantitative estimate of drug-likeness (QED) is 0.469. The van der Waals surface area contributed by atoms with Crippen LogP contribution in [0.3, 0.4) is 0 Å². The van der Waals surface area contributed by atoms with Gasteiger partial charge in [-0.15, -0.1) is 0 Å². The number of benzene rings is 1. The van der Waals surface area contributed by atoms with Crippen molar-refractivity contribution >= 4 is 48.2 Å². The standard InChI is InChI=1S/C8H11ClN2S2/c9-6-1-4(2-12)7(10)5(3-13)8(6)11/h1,12-13H,2-3,10-11H2. The minimum atomic E-state index is 0.485. The molecule has 0 aliphatic heterocycles. The van der Waals surface area contributed by atoms with Gasteiger partial charge in [-0.25, -0.2) is 0 Å². The molecule has 13 heavy (non-hydrogen) atoms. The van der Waals surface area contributed by atoms with Gasteiger partial charge in [0.05, 0.1) is 10.7 Å². The summed E-state index contributed by atoms with van der Waals surface area (Å²) in [4.78, 5) is 0. The summed E-state index contributed by atoms with van der Waals surface area (Å²) < 4.78 is 0. The van der Waals surface area contributed by atoms with Crippen molar-refractivity contribution in [3.63, 3.8) is 0 Å². The molecule has 0 heterocycles. The smallest absolute Gasteiger partial charge is 0.0643 e. The van der Waals surface area contributed by atoms with E-state index in [0.717, 1.165) is 11.1 Å². The SMILES string of the molecule is Nc1c(Cl)cc(CS)c(N)c1CS. The fourth-order valence-electron chi connectivity index (χ4n) is 1.09. The van der Waals surface area contributed by atoms with Crippen molar-refractivity contribution in [1.29, 1.82) is 0 Å². The summed E-state index contributed by atoms with van der Waals surface area (Å²) in [6, 6.07) is 1.74. The molecule has 1 aromatic rings. The molecule has 0 atom stereocenters. The highest BCUT2D eigenvalue weighted by molar-refractivity contribution is 7.79. The molecule has 4 N–H and O–H groups in total. The number of anilines is 2. The molecule has 0 bridgehead atoms. The topological polar surface area (TPSA) is 52.0 Å². The lowest BCUT2D eigenvalue weighted by Crippen LogP contribution is -2.02. The molecule has 72 valence electrons. The van der Waals surface area contributed by atoms with E-state index in [-0.39, 0.29) is 0 Å². The average molecular weight is 235 g/mol. The van der Waals surface area contributed by atoms with E-state index in [1.54, 1.807) is 6.07 Å². The number of nitrogens with two attached hydrogens (primary N) is 2. The van der Waals surface area contributed by atoms with E-state index in [1.165, 1.54) is 0 Å². The van der Waals surface area contributed by atoms with Crippen molar-refractivity contribution in [2.75, 3.05) is 11.5 Å². The van der Waals surface area contributed by atoms with E-state index in [4.69, 9.17) is 23.1 Å². The molecular formula is C8H11ClN2S2. The van der Waals surface area contributed by atoms with Crippen molar-refractivity contribution in [2.24, 2.45) is 0 Å². The van der Waals surface area contributed by atoms with Crippen molar-refractivity contribution in [2.45, 2.75) is 11.5 Å². The molecule has 0 fully saturated rings. The summed E-state index contributed by atoms with van der Waals surface area (Å²) in [5.74, 6) is 1.03. The summed E-state index contributed by atoms with van der Waals surface area (Å²) in [7, 11) is 0. The number of hydrogen-bond acceptors (Lipinski definition) is 4. The third-order valence-electron chi connectivity index (χ3n) is 1.88. The maximum Gasteiger partial charge on any atom is 0.0643 e. The lowest BCUT2D eigenvalue weighted by atomic mass is 10.1. The van der Waals surface area contributed by atoms with Gasteiger partial charge < -0.3 is 11.5 Å². The number of thiol groups is 2. The van der Waals surface area contributed by atoms with Crippen LogP contribution in [0.1, 0.15) is 11.1 Å². The maximum atomic E-state index is 5.90. The van der Waals surface area contributed by atoms with Gasteiger partial charge in [0.25, 0.3) is 0 Å². The first-order valence-corrected chi connectivity index (χ1v) is 5.33. The minimum Gasteiger partial charge on any atom is -0.398 e. The van der Waals surface area contributed by atoms with Gasteiger partial charge in [-0.1, -0.05) is 11.6 Å². The lowest BCUT2D eigenvalue weighted by Gasteiger charge is -2.12. The molecule has 0 aliphatic rings. The first-order chi connectivity index (χ1) is 6.11. The predicted molar refractivity (Wildman–Crippen MR) is 65.7 cm³/mol. The number of rotatable bonds is 2. The Labute approximate surface area is 93.5 Å². The van der Waals surface area contributed by atoms with Crippen LogP contribution in [0.5, 0.6) is 0 Å². The Bertz CT molecular complexity index is 328. The highest BCUT2D eigenvalue weighted by Crippen LogP contribution is 2.32. The van der Waals surface area contributed by atoms with Crippen LogP contribution in [0.25, 0.3) is 0 Å². The first kappa shape index (κ1) is 10.9. The molecule has 0 aliphatic carbocycles. The Balaban J connectivity index is 3.39. The van der Waals surface area contributed by atoms with E-state index in [9.17, 15) is 0 Å². The molecule has 0 saturated carbocycles. The van der Waals surface area contributed by atoms with Crippen LogP contribution in [0, 0.1) is 0 Å². The molecular weight excluding hydrogens is 224 g/mol. The van der Waals surface area contributed by atoms with Gasteiger partial charge >= 0.3 is 0 Å². The van der Waals surface area contributed by atoms with E-state index in [0.29, 0.717) is 27.9 Å². The second-order valence-corrected chi connectivity index (χ2v) is 3.68. The van der Waals surface area contributed by atoms with Crippen LogP contribution in [-0.2, 0) is 11.5 Å². The van der Waals surface area contributed by atoms with Crippen LogP contribution in [0.4, 0.5) is 11.4 Å². The van der Waals surface area contributed by atoms with Crippen LogP contribution in [0.2, 0.25) is 5.02 Å². The van der Waals surface area contributed by atoms with E-state index in [2.05, 4.69) is 25.3 Å². The van der Waals surface area contributed by atoms with Gasteiger partial charge in [-0.2, -0.15) is 25.3 Å². The molecule has 0 spiro atoms. The Morgan fingerprint density at radius 1 is 1.15 bits per heavy atom. The van der Waals surface area contributed by atoms with Gasteiger partial charge in [0.15, 0.2) is 0 Å². The summed E-state index contributed by atoms with van der Waals surface area (Å²) in [6.45, 7) is 0. The van der Waals surface area contributed by atoms with Crippen molar-refractivity contribution in [3.8, 4) is 0 Å². The van der Waals surface area contributed by atoms with Gasteiger partial charge in [-0.05, 0) is 11.6 Å². The second kappa shape index (κ2) is 4.35. The van der Waals surface area contributed by atoms with Gasteiger partial charge in [-0.3, -0.25) is 0 Å². The molecule has 2 nitrogen and oxygen atoms in total. The highest BCUT2D eigenvalue weighted by atomic mass is 35.5. The molecule has 0 amide bonds. The fourth-order valence-corrected chi connectivity index (χ4v) is 1.94. The molecule has 0 radical (unpaired) electrons. The molecule has 1 rings (SSSR count). The summed E-state index contributed by atoms with van der Waals surface area (Å²) in [5, 5.41) is 0.516. The average Bonchev–Trinajstić information content (AvgIpc) is 2.12. The second-order valence-electron chi connectivity index (χ2n) is 2.64. The highest BCUT2D eigenvalue weighted by Gasteiger charge is 2.10.